The van der Waals surface area contributed by atoms with Crippen molar-refractivity contribution in [2.45, 2.75) is 251 Å². The van der Waals surface area contributed by atoms with Crippen LogP contribution in [0.4, 0.5) is 0 Å². The molecular weight excluding hydrogens is 622 g/mol. The first kappa shape index (κ1) is 48.6. The maximum Gasteiger partial charge on any atom is 0.306 e. The van der Waals surface area contributed by atoms with Gasteiger partial charge in [0.05, 0.1) is 25.2 Å². The number of ether oxygens (including phenoxy) is 1. The number of hydrogen-bond acceptors (Lipinski definition) is 5. The van der Waals surface area contributed by atoms with Gasteiger partial charge < -0.3 is 20.3 Å². The standard InChI is InChI=1S/C44H85NO5/c1-4-7-10-13-16-19-21-22-24-26-29-32-35-40(50-44(49)37-34-31-28-25-20-17-14-11-8-5-2)38-43(48)45-41(39-46)42(47)36-33-30-27-23-18-15-12-9-6-3/h24,26,40-42,46-47H,4-23,25,27-39H2,1-3H3,(H,45,48)/b26-24-. The lowest BCUT2D eigenvalue weighted by molar-refractivity contribution is -0.151. The molecule has 0 aromatic heterocycles. The molecule has 0 saturated carbocycles. The average molecular weight is 708 g/mol. The third kappa shape index (κ3) is 33.7. The van der Waals surface area contributed by atoms with Gasteiger partial charge in [-0.3, -0.25) is 9.59 Å². The molecule has 0 spiro atoms. The van der Waals surface area contributed by atoms with E-state index in [1.165, 1.54) is 128 Å². The predicted octanol–water partition coefficient (Wildman–Crippen LogP) is 12.2. The quantitative estimate of drug-likeness (QED) is 0.0336. The molecule has 0 aliphatic carbocycles. The Morgan fingerprint density at radius 1 is 0.560 bits per heavy atom. The van der Waals surface area contributed by atoms with Crippen molar-refractivity contribution in [1.82, 2.24) is 5.32 Å². The maximum atomic E-state index is 13.1. The van der Waals surface area contributed by atoms with Crippen molar-refractivity contribution in [3.63, 3.8) is 0 Å². The molecule has 0 bridgehead atoms. The summed E-state index contributed by atoms with van der Waals surface area (Å²) in [6, 6.07) is -0.700. The van der Waals surface area contributed by atoms with Gasteiger partial charge in [0.1, 0.15) is 6.10 Å². The van der Waals surface area contributed by atoms with Crippen LogP contribution in [0.15, 0.2) is 12.2 Å². The molecule has 6 nitrogen and oxygen atoms in total. The van der Waals surface area contributed by atoms with Crippen molar-refractivity contribution < 1.29 is 24.5 Å². The van der Waals surface area contributed by atoms with Gasteiger partial charge >= 0.3 is 5.97 Å². The summed E-state index contributed by atoms with van der Waals surface area (Å²) in [6.07, 6.45) is 39.9. The third-order valence-electron chi connectivity index (χ3n) is 10.1. The predicted molar refractivity (Wildman–Crippen MR) is 213 cm³/mol. The number of hydrogen-bond donors (Lipinski definition) is 3. The summed E-state index contributed by atoms with van der Waals surface area (Å²) in [5, 5.41) is 23.5. The molecule has 0 radical (unpaired) electrons. The SMILES string of the molecule is CCCCCCCCC/C=C\CCCC(CC(=O)NC(CO)C(O)CCCCCCCCCCC)OC(=O)CCCCCCCCCCCC. The second-order valence-corrected chi connectivity index (χ2v) is 15.1. The van der Waals surface area contributed by atoms with E-state index in [1.54, 1.807) is 0 Å². The Labute approximate surface area is 310 Å². The fraction of sp³-hybridized carbons (Fsp3) is 0.909. The number of unbranched alkanes of at least 4 members (excludes halogenated alkanes) is 25. The lowest BCUT2D eigenvalue weighted by atomic mass is 10.0. The Hall–Kier alpha value is -1.40. The van der Waals surface area contributed by atoms with E-state index >= 15 is 0 Å². The first-order valence-corrected chi connectivity index (χ1v) is 21.9. The summed E-state index contributed by atoms with van der Waals surface area (Å²) >= 11 is 0. The van der Waals surface area contributed by atoms with E-state index < -0.39 is 18.2 Å². The van der Waals surface area contributed by atoms with Gasteiger partial charge in [0, 0.05) is 6.42 Å². The zero-order valence-electron chi connectivity index (χ0n) is 33.5. The highest BCUT2D eigenvalue weighted by Gasteiger charge is 2.24. The van der Waals surface area contributed by atoms with Crippen LogP contribution in [0, 0.1) is 0 Å². The Morgan fingerprint density at radius 2 is 0.980 bits per heavy atom. The molecule has 296 valence electrons. The van der Waals surface area contributed by atoms with Crippen molar-refractivity contribution in [2.75, 3.05) is 6.61 Å². The zero-order valence-corrected chi connectivity index (χ0v) is 33.5. The smallest absolute Gasteiger partial charge is 0.306 e. The number of aliphatic hydroxyl groups is 2. The molecule has 3 unspecified atom stereocenters. The first-order valence-electron chi connectivity index (χ1n) is 21.9. The number of nitrogens with one attached hydrogen (secondary N) is 1. The Bertz CT molecular complexity index is 757. The number of carbonyl (C=O) groups excluding carboxylic acids is 2. The lowest BCUT2D eigenvalue weighted by Gasteiger charge is -2.24. The maximum absolute atomic E-state index is 13.1. The van der Waals surface area contributed by atoms with E-state index in [2.05, 4.69) is 38.2 Å². The van der Waals surface area contributed by atoms with Crippen LogP contribution in [0.5, 0.6) is 0 Å². The molecule has 1 amide bonds. The molecule has 0 aromatic rings. The minimum atomic E-state index is -0.785. The van der Waals surface area contributed by atoms with Crippen molar-refractivity contribution >= 4 is 11.9 Å². The van der Waals surface area contributed by atoms with Crippen molar-refractivity contribution in [3.05, 3.63) is 12.2 Å². The fourth-order valence-corrected chi connectivity index (χ4v) is 6.72. The highest BCUT2D eigenvalue weighted by atomic mass is 16.5. The summed E-state index contributed by atoms with van der Waals surface area (Å²) in [6.45, 7) is 6.43. The molecule has 0 saturated heterocycles. The van der Waals surface area contributed by atoms with Crippen molar-refractivity contribution in [1.29, 1.82) is 0 Å². The van der Waals surface area contributed by atoms with E-state index in [4.69, 9.17) is 4.74 Å². The van der Waals surface area contributed by atoms with Crippen LogP contribution in [0.1, 0.15) is 233 Å². The van der Waals surface area contributed by atoms with Crippen molar-refractivity contribution in [3.8, 4) is 0 Å². The summed E-state index contributed by atoms with van der Waals surface area (Å²) in [5.41, 5.74) is 0. The molecule has 50 heavy (non-hydrogen) atoms. The minimum absolute atomic E-state index is 0.0623. The van der Waals surface area contributed by atoms with E-state index in [0.717, 1.165) is 57.8 Å². The molecule has 3 atom stereocenters. The Balaban J connectivity index is 4.63. The topological polar surface area (TPSA) is 95.9 Å². The van der Waals surface area contributed by atoms with Gasteiger partial charge in [0.2, 0.25) is 5.91 Å². The highest BCUT2D eigenvalue weighted by molar-refractivity contribution is 5.77. The molecule has 0 aliphatic heterocycles. The largest absolute Gasteiger partial charge is 0.462 e. The van der Waals surface area contributed by atoms with Gasteiger partial charge in [0.15, 0.2) is 0 Å². The van der Waals surface area contributed by atoms with Crippen LogP contribution in [0.3, 0.4) is 0 Å². The van der Waals surface area contributed by atoms with E-state index in [-0.39, 0.29) is 24.9 Å². The second-order valence-electron chi connectivity index (χ2n) is 15.1. The molecule has 0 aliphatic rings. The van der Waals surface area contributed by atoms with E-state index in [0.29, 0.717) is 19.3 Å². The van der Waals surface area contributed by atoms with Gasteiger partial charge in [-0.15, -0.1) is 0 Å². The van der Waals surface area contributed by atoms with Crippen LogP contribution in [-0.4, -0.2) is 46.9 Å². The number of esters is 1. The van der Waals surface area contributed by atoms with Crippen LogP contribution in [0.25, 0.3) is 0 Å². The van der Waals surface area contributed by atoms with Crippen molar-refractivity contribution in [2.24, 2.45) is 0 Å². The van der Waals surface area contributed by atoms with Crippen LogP contribution < -0.4 is 5.32 Å². The zero-order chi connectivity index (χ0) is 36.8. The van der Waals surface area contributed by atoms with Gasteiger partial charge in [0.25, 0.3) is 0 Å². The van der Waals surface area contributed by atoms with Crippen LogP contribution in [-0.2, 0) is 14.3 Å². The lowest BCUT2D eigenvalue weighted by Crippen LogP contribution is -2.46. The summed E-state index contributed by atoms with van der Waals surface area (Å²) in [4.78, 5) is 25.8. The normalized spacial score (nSPS) is 13.5. The number of amides is 1. The minimum Gasteiger partial charge on any atom is -0.462 e. The van der Waals surface area contributed by atoms with Gasteiger partial charge in [-0.1, -0.05) is 187 Å². The van der Waals surface area contributed by atoms with E-state index in [9.17, 15) is 19.8 Å². The molecule has 0 heterocycles. The number of carbonyl (C=O) groups is 2. The number of rotatable bonds is 39. The first-order chi connectivity index (χ1) is 24.5. The van der Waals surface area contributed by atoms with Crippen LogP contribution >= 0.6 is 0 Å². The monoisotopic (exact) mass is 708 g/mol. The van der Waals surface area contributed by atoms with Gasteiger partial charge in [-0.25, -0.2) is 0 Å². The summed E-state index contributed by atoms with van der Waals surface area (Å²) < 4.78 is 5.86. The third-order valence-corrected chi connectivity index (χ3v) is 10.1. The molecule has 0 aromatic carbocycles. The molecule has 0 fully saturated rings. The van der Waals surface area contributed by atoms with Crippen LogP contribution in [0.2, 0.25) is 0 Å². The van der Waals surface area contributed by atoms with Gasteiger partial charge in [-0.05, 0) is 44.9 Å². The fourth-order valence-electron chi connectivity index (χ4n) is 6.72. The van der Waals surface area contributed by atoms with Gasteiger partial charge in [-0.2, -0.15) is 0 Å². The molecule has 0 rings (SSSR count). The number of allylic oxidation sites excluding steroid dienone is 2. The van der Waals surface area contributed by atoms with E-state index in [1.807, 2.05) is 0 Å². The average Bonchev–Trinajstić information content (AvgIpc) is 3.10. The summed E-state index contributed by atoms with van der Waals surface area (Å²) in [5.74, 6) is -0.498. The second kappa shape index (κ2) is 38.8. The Morgan fingerprint density at radius 3 is 1.46 bits per heavy atom. The Kier molecular flexibility index (Phi) is 37.7. The highest BCUT2D eigenvalue weighted by Crippen LogP contribution is 2.17. The molecular formula is C44H85NO5. The number of aliphatic hydroxyl groups excluding tert-OH is 2. The summed E-state index contributed by atoms with van der Waals surface area (Å²) in [7, 11) is 0. The molecule has 6 heteroatoms. The molecule has 3 N–H and O–H groups in total.